The monoisotopic (exact) mass is 384 g/mol. The molecule has 2 N–H and O–H groups in total. The summed E-state index contributed by atoms with van der Waals surface area (Å²) in [6, 6.07) is 12.9. The number of hydrogen-bond donors (Lipinski definition) is 2. The number of carbonyl (C=O) groups excluding carboxylic acids is 1. The van der Waals surface area contributed by atoms with Gasteiger partial charge in [-0.2, -0.15) is 4.98 Å². The number of rotatable bonds is 6. The number of anilines is 1. The number of halogens is 2. The topological polar surface area (TPSA) is 76.1 Å². The van der Waals surface area contributed by atoms with Crippen LogP contribution in [-0.2, 0) is 13.2 Å². The first kappa shape index (κ1) is 19.2. The van der Waals surface area contributed by atoms with Gasteiger partial charge in [0.05, 0.1) is 6.20 Å². The van der Waals surface area contributed by atoms with E-state index in [0.717, 1.165) is 17.3 Å². The molecule has 1 heterocycles. The second-order valence-corrected chi connectivity index (χ2v) is 6.02. The van der Waals surface area contributed by atoms with Gasteiger partial charge in [-0.05, 0) is 18.6 Å². The summed E-state index contributed by atoms with van der Waals surface area (Å²) in [4.78, 5) is 19.6. The van der Waals surface area contributed by atoms with E-state index in [0.29, 0.717) is 5.56 Å². The van der Waals surface area contributed by atoms with Gasteiger partial charge >= 0.3 is 12.0 Å². The predicted molar refractivity (Wildman–Crippen MR) is 99.8 cm³/mol. The van der Waals surface area contributed by atoms with Crippen molar-refractivity contribution in [1.82, 2.24) is 15.3 Å². The van der Waals surface area contributed by atoms with Crippen molar-refractivity contribution in [3.05, 3.63) is 83.1 Å². The molecule has 0 radical (unpaired) electrons. The lowest BCUT2D eigenvalue weighted by Crippen LogP contribution is -2.29. The Kier molecular flexibility index (Phi) is 6.11. The van der Waals surface area contributed by atoms with Crippen molar-refractivity contribution in [2.24, 2.45) is 0 Å². The van der Waals surface area contributed by atoms with Gasteiger partial charge in [0, 0.05) is 12.1 Å². The van der Waals surface area contributed by atoms with Crippen LogP contribution in [0.1, 0.15) is 16.7 Å². The Balaban J connectivity index is 1.58. The highest BCUT2D eigenvalue weighted by atomic mass is 19.1. The molecule has 0 saturated heterocycles. The quantitative estimate of drug-likeness (QED) is 0.674. The Morgan fingerprint density at radius 1 is 1.07 bits per heavy atom. The number of benzene rings is 2. The second-order valence-electron chi connectivity index (χ2n) is 6.02. The summed E-state index contributed by atoms with van der Waals surface area (Å²) in [6.07, 6.45) is 0.907. The molecule has 0 aliphatic rings. The SMILES string of the molecule is Cc1ccc(COc2ncc(F)c(NC(=O)NCc3ccccc3F)n2)cc1. The van der Waals surface area contributed by atoms with E-state index in [4.69, 9.17) is 4.74 Å². The van der Waals surface area contributed by atoms with E-state index in [2.05, 4.69) is 20.6 Å². The first-order valence-electron chi connectivity index (χ1n) is 8.50. The van der Waals surface area contributed by atoms with Gasteiger partial charge in [-0.15, -0.1) is 0 Å². The largest absolute Gasteiger partial charge is 0.459 e. The highest BCUT2D eigenvalue weighted by molar-refractivity contribution is 5.88. The maximum atomic E-state index is 13.9. The summed E-state index contributed by atoms with van der Waals surface area (Å²) in [5.74, 6) is -1.59. The average molecular weight is 384 g/mol. The Hall–Kier alpha value is -3.55. The summed E-state index contributed by atoms with van der Waals surface area (Å²) in [7, 11) is 0. The fourth-order valence-electron chi connectivity index (χ4n) is 2.31. The summed E-state index contributed by atoms with van der Waals surface area (Å²) in [5.41, 5.74) is 2.33. The molecule has 0 aliphatic carbocycles. The van der Waals surface area contributed by atoms with Crippen LogP contribution in [0, 0.1) is 18.6 Å². The minimum absolute atomic E-state index is 0.0536. The van der Waals surface area contributed by atoms with Gasteiger partial charge in [0.15, 0.2) is 11.6 Å². The molecule has 1 aromatic heterocycles. The lowest BCUT2D eigenvalue weighted by atomic mass is 10.2. The summed E-state index contributed by atoms with van der Waals surface area (Å²) < 4.78 is 32.9. The molecule has 3 rings (SSSR count). The van der Waals surface area contributed by atoms with Crippen LogP contribution in [0.5, 0.6) is 6.01 Å². The second kappa shape index (κ2) is 8.90. The fourth-order valence-corrected chi connectivity index (χ4v) is 2.31. The molecule has 3 aromatic rings. The van der Waals surface area contributed by atoms with E-state index in [1.807, 2.05) is 31.2 Å². The maximum absolute atomic E-state index is 13.9. The molecule has 0 atom stereocenters. The standard InChI is InChI=1S/C20H18F2N4O2/c1-13-6-8-14(9-7-13)12-28-20-24-11-17(22)18(26-20)25-19(27)23-10-15-4-2-3-5-16(15)21/h2-9,11H,10,12H2,1H3,(H2,23,24,25,26,27). The average Bonchev–Trinajstić information content (AvgIpc) is 2.69. The molecule has 8 heteroatoms. The molecular weight excluding hydrogens is 366 g/mol. The van der Waals surface area contributed by atoms with Gasteiger partial charge in [0.25, 0.3) is 0 Å². The number of carbonyl (C=O) groups is 1. The normalized spacial score (nSPS) is 10.4. The van der Waals surface area contributed by atoms with Crippen molar-refractivity contribution in [1.29, 1.82) is 0 Å². The lowest BCUT2D eigenvalue weighted by Gasteiger charge is -2.10. The Bertz CT molecular complexity index is 965. The minimum atomic E-state index is -0.816. The Labute approximate surface area is 160 Å². The first-order valence-corrected chi connectivity index (χ1v) is 8.50. The molecular formula is C20H18F2N4O2. The van der Waals surface area contributed by atoms with Crippen LogP contribution < -0.4 is 15.4 Å². The molecule has 2 amide bonds. The van der Waals surface area contributed by atoms with Crippen LogP contribution in [0.15, 0.2) is 54.7 Å². The third-order valence-electron chi connectivity index (χ3n) is 3.84. The molecule has 28 heavy (non-hydrogen) atoms. The van der Waals surface area contributed by atoms with Crippen LogP contribution in [0.2, 0.25) is 0 Å². The van der Waals surface area contributed by atoms with Gasteiger partial charge in [-0.3, -0.25) is 5.32 Å². The fraction of sp³-hybridized carbons (Fsp3) is 0.150. The van der Waals surface area contributed by atoms with Gasteiger partial charge in [-0.25, -0.2) is 18.6 Å². The number of nitrogens with zero attached hydrogens (tertiary/aromatic N) is 2. The maximum Gasteiger partial charge on any atom is 0.320 e. The van der Waals surface area contributed by atoms with Crippen LogP contribution in [-0.4, -0.2) is 16.0 Å². The van der Waals surface area contributed by atoms with E-state index in [-0.39, 0.29) is 25.0 Å². The number of ether oxygens (including phenoxy) is 1. The van der Waals surface area contributed by atoms with Crippen LogP contribution in [0.3, 0.4) is 0 Å². The van der Waals surface area contributed by atoms with Crippen molar-refractivity contribution in [2.75, 3.05) is 5.32 Å². The number of amides is 2. The summed E-state index contributed by atoms with van der Waals surface area (Å²) in [5, 5.41) is 4.71. The zero-order valence-electron chi connectivity index (χ0n) is 15.1. The number of urea groups is 1. The summed E-state index contributed by atoms with van der Waals surface area (Å²) >= 11 is 0. The van der Waals surface area contributed by atoms with Gasteiger partial charge < -0.3 is 10.1 Å². The molecule has 0 fully saturated rings. The number of aryl methyl sites for hydroxylation is 1. The van der Waals surface area contributed by atoms with Crippen LogP contribution in [0.25, 0.3) is 0 Å². The van der Waals surface area contributed by atoms with Crippen molar-refractivity contribution < 1.29 is 18.3 Å². The third kappa shape index (κ3) is 5.23. The van der Waals surface area contributed by atoms with Crippen molar-refractivity contribution in [3.63, 3.8) is 0 Å². The third-order valence-corrected chi connectivity index (χ3v) is 3.84. The van der Waals surface area contributed by atoms with E-state index in [1.165, 1.54) is 12.1 Å². The molecule has 0 aliphatic heterocycles. The van der Waals surface area contributed by atoms with Crippen molar-refractivity contribution >= 4 is 11.8 Å². The Morgan fingerprint density at radius 3 is 2.57 bits per heavy atom. The highest BCUT2D eigenvalue weighted by Gasteiger charge is 2.12. The van der Waals surface area contributed by atoms with E-state index < -0.39 is 17.7 Å². The zero-order valence-corrected chi connectivity index (χ0v) is 15.1. The van der Waals surface area contributed by atoms with E-state index in [1.54, 1.807) is 12.1 Å². The highest BCUT2D eigenvalue weighted by Crippen LogP contribution is 2.15. The molecule has 2 aromatic carbocycles. The number of hydrogen-bond acceptors (Lipinski definition) is 4. The Morgan fingerprint density at radius 2 is 1.82 bits per heavy atom. The lowest BCUT2D eigenvalue weighted by molar-refractivity contribution is 0.251. The molecule has 6 nitrogen and oxygen atoms in total. The van der Waals surface area contributed by atoms with Gasteiger partial charge in [0.1, 0.15) is 12.4 Å². The van der Waals surface area contributed by atoms with E-state index >= 15 is 0 Å². The van der Waals surface area contributed by atoms with Gasteiger partial charge in [0.2, 0.25) is 0 Å². The van der Waals surface area contributed by atoms with Crippen molar-refractivity contribution in [2.45, 2.75) is 20.1 Å². The smallest absolute Gasteiger partial charge is 0.320 e. The first-order chi connectivity index (χ1) is 13.5. The minimum Gasteiger partial charge on any atom is -0.459 e. The summed E-state index contributed by atoms with van der Waals surface area (Å²) in [6.45, 7) is 2.12. The molecule has 144 valence electrons. The van der Waals surface area contributed by atoms with Crippen molar-refractivity contribution in [3.8, 4) is 6.01 Å². The van der Waals surface area contributed by atoms with Crippen LogP contribution >= 0.6 is 0 Å². The number of aromatic nitrogens is 2. The van der Waals surface area contributed by atoms with Gasteiger partial charge in [-0.1, -0.05) is 48.0 Å². The molecule has 0 saturated carbocycles. The predicted octanol–water partition coefficient (Wildman–Crippen LogP) is 3.96. The molecule has 0 unspecified atom stereocenters. The molecule has 0 spiro atoms. The van der Waals surface area contributed by atoms with E-state index in [9.17, 15) is 13.6 Å². The molecule has 0 bridgehead atoms. The zero-order chi connectivity index (χ0) is 19.9. The number of nitrogens with one attached hydrogen (secondary N) is 2. The van der Waals surface area contributed by atoms with Crippen LogP contribution in [0.4, 0.5) is 19.4 Å².